The molecule has 0 bridgehead atoms. The van der Waals surface area contributed by atoms with Crippen LogP contribution < -0.4 is 5.32 Å². The van der Waals surface area contributed by atoms with E-state index < -0.39 is 0 Å². The Morgan fingerprint density at radius 1 is 1.38 bits per heavy atom. The molecule has 6 heteroatoms. The first-order valence-electron chi connectivity index (χ1n) is 9.72. The van der Waals surface area contributed by atoms with E-state index >= 15 is 0 Å². The molecule has 2 aliphatic heterocycles. The van der Waals surface area contributed by atoms with Gasteiger partial charge < -0.3 is 10.2 Å². The number of amides is 2. The fourth-order valence-corrected chi connectivity index (χ4v) is 3.94. The van der Waals surface area contributed by atoms with Crippen LogP contribution in [-0.4, -0.2) is 58.8 Å². The first-order valence-corrected chi connectivity index (χ1v) is 9.72. The van der Waals surface area contributed by atoms with E-state index in [1.54, 1.807) is 11.1 Å². The number of aromatic nitrogens is 1. The van der Waals surface area contributed by atoms with Gasteiger partial charge >= 0.3 is 0 Å². The quantitative estimate of drug-likeness (QED) is 0.840. The molecule has 1 aromatic heterocycles. The summed E-state index contributed by atoms with van der Waals surface area (Å²) in [5.41, 5.74) is 0.856. The zero-order valence-electron chi connectivity index (χ0n) is 15.9. The second-order valence-corrected chi connectivity index (χ2v) is 7.83. The summed E-state index contributed by atoms with van der Waals surface area (Å²) >= 11 is 0. The van der Waals surface area contributed by atoms with Crippen LogP contribution >= 0.6 is 0 Å². The van der Waals surface area contributed by atoms with Crippen LogP contribution in [0.15, 0.2) is 24.4 Å². The number of nitrogens with one attached hydrogen (secondary N) is 1. The Balaban J connectivity index is 1.45. The number of pyridine rings is 1. The highest BCUT2D eigenvalue weighted by Crippen LogP contribution is 2.20. The van der Waals surface area contributed by atoms with Gasteiger partial charge in [-0.25, -0.2) is 0 Å². The van der Waals surface area contributed by atoms with Crippen LogP contribution in [0.25, 0.3) is 0 Å². The molecule has 3 rings (SSSR count). The minimum atomic E-state index is -0.251. The summed E-state index contributed by atoms with van der Waals surface area (Å²) in [5.74, 6) is 0.515. The predicted molar refractivity (Wildman–Crippen MR) is 100 cm³/mol. The molecule has 3 heterocycles. The third kappa shape index (κ3) is 4.81. The summed E-state index contributed by atoms with van der Waals surface area (Å²) in [5, 5.41) is 3.07. The van der Waals surface area contributed by atoms with Crippen molar-refractivity contribution in [2.24, 2.45) is 11.8 Å². The molecule has 2 aliphatic rings. The third-order valence-corrected chi connectivity index (χ3v) is 5.55. The SMILES string of the molecule is C[C@@H]1CCCN([C@H](C)CNC(=O)[C@@H]2CC(=O)N(Cc3ccccn3)C2)C1. The van der Waals surface area contributed by atoms with Gasteiger partial charge in [0.2, 0.25) is 11.8 Å². The molecule has 2 amide bonds. The van der Waals surface area contributed by atoms with Gasteiger partial charge in [-0.05, 0) is 44.4 Å². The largest absolute Gasteiger partial charge is 0.354 e. The molecule has 0 aromatic carbocycles. The van der Waals surface area contributed by atoms with Gasteiger partial charge in [0.05, 0.1) is 18.2 Å². The number of likely N-dealkylation sites (tertiary alicyclic amines) is 2. The lowest BCUT2D eigenvalue weighted by Crippen LogP contribution is -2.47. The van der Waals surface area contributed by atoms with Crippen LogP contribution in [0.2, 0.25) is 0 Å². The molecule has 1 aromatic rings. The van der Waals surface area contributed by atoms with Crippen LogP contribution in [0.3, 0.4) is 0 Å². The molecule has 2 saturated heterocycles. The lowest BCUT2D eigenvalue weighted by molar-refractivity contribution is -0.129. The predicted octanol–water partition coefficient (Wildman–Crippen LogP) is 1.67. The van der Waals surface area contributed by atoms with Crippen LogP contribution in [0.4, 0.5) is 0 Å². The summed E-state index contributed by atoms with van der Waals surface area (Å²) in [6, 6.07) is 6.01. The smallest absolute Gasteiger partial charge is 0.225 e. The molecular formula is C20H30N4O2. The molecule has 2 fully saturated rings. The Labute approximate surface area is 156 Å². The van der Waals surface area contributed by atoms with Crippen molar-refractivity contribution in [3.05, 3.63) is 30.1 Å². The average Bonchev–Trinajstić information content (AvgIpc) is 3.01. The zero-order valence-corrected chi connectivity index (χ0v) is 15.9. The van der Waals surface area contributed by atoms with Crippen LogP contribution in [0, 0.1) is 11.8 Å². The van der Waals surface area contributed by atoms with Gasteiger partial charge in [-0.15, -0.1) is 0 Å². The van der Waals surface area contributed by atoms with E-state index in [1.165, 1.54) is 12.8 Å². The van der Waals surface area contributed by atoms with Crippen molar-refractivity contribution in [2.75, 3.05) is 26.2 Å². The number of piperidine rings is 1. The number of hydrogen-bond donors (Lipinski definition) is 1. The third-order valence-electron chi connectivity index (χ3n) is 5.55. The van der Waals surface area contributed by atoms with E-state index in [-0.39, 0.29) is 17.7 Å². The van der Waals surface area contributed by atoms with Gasteiger partial charge in [0.15, 0.2) is 0 Å². The van der Waals surface area contributed by atoms with E-state index in [1.807, 2.05) is 18.2 Å². The van der Waals surface area contributed by atoms with E-state index in [0.717, 1.165) is 24.7 Å². The number of nitrogens with zero attached hydrogens (tertiary/aromatic N) is 3. The number of hydrogen-bond acceptors (Lipinski definition) is 4. The van der Waals surface area contributed by atoms with Crippen LogP contribution in [0.1, 0.15) is 38.8 Å². The van der Waals surface area contributed by atoms with E-state index in [0.29, 0.717) is 32.1 Å². The fourth-order valence-electron chi connectivity index (χ4n) is 3.94. The van der Waals surface area contributed by atoms with Gasteiger partial charge in [-0.3, -0.25) is 19.5 Å². The Hall–Kier alpha value is -1.95. The minimum Gasteiger partial charge on any atom is -0.354 e. The fraction of sp³-hybridized carbons (Fsp3) is 0.650. The Morgan fingerprint density at radius 2 is 2.23 bits per heavy atom. The Kier molecular flexibility index (Phi) is 6.25. The topological polar surface area (TPSA) is 65.5 Å². The Morgan fingerprint density at radius 3 is 2.96 bits per heavy atom. The van der Waals surface area contributed by atoms with E-state index in [2.05, 4.69) is 29.0 Å². The van der Waals surface area contributed by atoms with Crippen LogP contribution in [0.5, 0.6) is 0 Å². The standard InChI is InChI=1S/C20H30N4O2/c1-15-6-5-9-23(12-15)16(2)11-22-20(26)17-10-19(25)24(13-17)14-18-7-3-4-8-21-18/h3-4,7-8,15-17H,5-6,9-14H2,1-2H3,(H,22,26)/t15-,16-,17-/m1/s1. The second-order valence-electron chi connectivity index (χ2n) is 7.83. The zero-order chi connectivity index (χ0) is 18.5. The first kappa shape index (κ1) is 18.8. The van der Waals surface area contributed by atoms with Gasteiger partial charge in [0, 0.05) is 38.3 Å². The maximum atomic E-state index is 12.5. The molecule has 3 atom stereocenters. The van der Waals surface area contributed by atoms with Crippen molar-refractivity contribution >= 4 is 11.8 Å². The molecule has 0 unspecified atom stereocenters. The highest BCUT2D eigenvalue weighted by Gasteiger charge is 2.34. The molecule has 0 spiro atoms. The maximum absolute atomic E-state index is 12.5. The summed E-state index contributed by atoms with van der Waals surface area (Å²) in [6.07, 6.45) is 4.56. The maximum Gasteiger partial charge on any atom is 0.225 e. The second kappa shape index (κ2) is 8.62. The average molecular weight is 358 g/mol. The summed E-state index contributed by atoms with van der Waals surface area (Å²) in [6.45, 7) is 8.29. The first-order chi connectivity index (χ1) is 12.5. The van der Waals surface area contributed by atoms with Crippen molar-refractivity contribution < 1.29 is 9.59 Å². The van der Waals surface area contributed by atoms with Gasteiger partial charge in [-0.1, -0.05) is 13.0 Å². The van der Waals surface area contributed by atoms with Crippen molar-refractivity contribution in [1.29, 1.82) is 0 Å². The molecule has 1 N–H and O–H groups in total. The van der Waals surface area contributed by atoms with Crippen molar-refractivity contribution in [1.82, 2.24) is 20.1 Å². The Bertz CT molecular complexity index is 621. The van der Waals surface area contributed by atoms with E-state index in [9.17, 15) is 9.59 Å². The number of carbonyl (C=O) groups excluding carboxylic acids is 2. The normalized spacial score (nSPS) is 25.3. The lowest BCUT2D eigenvalue weighted by Gasteiger charge is -2.35. The number of rotatable bonds is 6. The molecule has 26 heavy (non-hydrogen) atoms. The highest BCUT2D eigenvalue weighted by molar-refractivity contribution is 5.89. The molecule has 0 radical (unpaired) electrons. The summed E-state index contributed by atoms with van der Waals surface area (Å²) < 4.78 is 0. The highest BCUT2D eigenvalue weighted by atomic mass is 16.2. The molecule has 0 saturated carbocycles. The summed E-state index contributed by atoms with van der Waals surface area (Å²) in [7, 11) is 0. The van der Waals surface area contributed by atoms with Crippen molar-refractivity contribution in [2.45, 2.75) is 45.7 Å². The van der Waals surface area contributed by atoms with Crippen LogP contribution in [-0.2, 0) is 16.1 Å². The number of carbonyl (C=O) groups is 2. The van der Waals surface area contributed by atoms with Gasteiger partial charge in [0.1, 0.15) is 0 Å². The molecule has 142 valence electrons. The van der Waals surface area contributed by atoms with Crippen molar-refractivity contribution in [3.63, 3.8) is 0 Å². The molecule has 6 nitrogen and oxygen atoms in total. The molecular weight excluding hydrogens is 328 g/mol. The van der Waals surface area contributed by atoms with Gasteiger partial charge in [0.25, 0.3) is 0 Å². The van der Waals surface area contributed by atoms with Gasteiger partial charge in [-0.2, -0.15) is 0 Å². The molecule has 0 aliphatic carbocycles. The van der Waals surface area contributed by atoms with E-state index in [4.69, 9.17) is 0 Å². The minimum absolute atomic E-state index is 0.00113. The lowest BCUT2D eigenvalue weighted by atomic mass is 9.99. The summed E-state index contributed by atoms with van der Waals surface area (Å²) in [4.78, 5) is 33.2. The van der Waals surface area contributed by atoms with Crippen molar-refractivity contribution in [3.8, 4) is 0 Å². The monoisotopic (exact) mass is 358 g/mol.